The Hall–Kier alpha value is -1.89. The smallest absolute Gasteiger partial charge is 0.240 e. The van der Waals surface area contributed by atoms with Crippen LogP contribution < -0.4 is 5.32 Å². The van der Waals surface area contributed by atoms with Gasteiger partial charge in [-0.05, 0) is 44.2 Å². The van der Waals surface area contributed by atoms with Gasteiger partial charge >= 0.3 is 0 Å². The predicted octanol–water partition coefficient (Wildman–Crippen LogP) is 2.00. The third-order valence-electron chi connectivity index (χ3n) is 5.49. The van der Waals surface area contributed by atoms with Gasteiger partial charge in [-0.1, -0.05) is 25.1 Å². The van der Waals surface area contributed by atoms with E-state index in [2.05, 4.69) is 5.32 Å². The van der Waals surface area contributed by atoms with Crippen LogP contribution in [0.2, 0.25) is 0 Å². The molecule has 1 saturated heterocycles. The van der Waals surface area contributed by atoms with Gasteiger partial charge in [0, 0.05) is 18.3 Å². The molecule has 1 aromatic carbocycles. The summed E-state index contributed by atoms with van der Waals surface area (Å²) >= 11 is 0. The van der Waals surface area contributed by atoms with Crippen LogP contribution in [0.1, 0.15) is 38.7 Å². The molecule has 2 fully saturated rings. The zero-order valence-electron chi connectivity index (χ0n) is 15.3. The third kappa shape index (κ3) is 3.49. The van der Waals surface area contributed by atoms with E-state index in [1.165, 1.54) is 0 Å². The van der Waals surface area contributed by atoms with Gasteiger partial charge in [-0.2, -0.15) is 0 Å². The second kappa shape index (κ2) is 7.02. The van der Waals surface area contributed by atoms with Gasteiger partial charge in [-0.3, -0.25) is 9.59 Å². The Bertz CT molecular complexity index is 815. The fourth-order valence-electron chi connectivity index (χ4n) is 3.72. The highest BCUT2D eigenvalue weighted by atomic mass is 32.2. The molecule has 3 rings (SSSR count). The highest BCUT2D eigenvalue weighted by Crippen LogP contribution is 2.49. The number of para-hydroxylation sites is 1. The number of rotatable bonds is 6. The lowest BCUT2D eigenvalue weighted by atomic mass is 10.0. The molecule has 0 aromatic heterocycles. The minimum atomic E-state index is -3.08. The maximum atomic E-state index is 13.1. The van der Waals surface area contributed by atoms with Crippen molar-refractivity contribution in [3.8, 4) is 0 Å². The zero-order chi connectivity index (χ0) is 18.9. The number of nitrogens with one attached hydrogen (secondary N) is 1. The summed E-state index contributed by atoms with van der Waals surface area (Å²) in [5.41, 5.74) is 0.729. The summed E-state index contributed by atoms with van der Waals surface area (Å²) in [5.74, 6) is -0.385. The van der Waals surface area contributed by atoms with Crippen LogP contribution in [0, 0.1) is 5.41 Å². The summed E-state index contributed by atoms with van der Waals surface area (Å²) < 4.78 is 23.6. The van der Waals surface area contributed by atoms with Crippen LogP contribution in [0.15, 0.2) is 24.3 Å². The molecular formula is C19H26N2O4S. The Morgan fingerprint density at radius 1 is 1.23 bits per heavy atom. The maximum Gasteiger partial charge on any atom is 0.240 e. The summed E-state index contributed by atoms with van der Waals surface area (Å²) in [6, 6.07) is 7.27. The van der Waals surface area contributed by atoms with Gasteiger partial charge in [-0.25, -0.2) is 8.42 Å². The highest BCUT2D eigenvalue weighted by molar-refractivity contribution is 7.91. The van der Waals surface area contributed by atoms with E-state index in [4.69, 9.17) is 0 Å². The maximum absolute atomic E-state index is 13.1. The summed E-state index contributed by atoms with van der Waals surface area (Å²) in [7, 11) is -3.08. The first-order valence-electron chi connectivity index (χ1n) is 9.24. The molecule has 1 aliphatic heterocycles. The minimum absolute atomic E-state index is 0.00292. The fourth-order valence-corrected chi connectivity index (χ4v) is 5.45. The van der Waals surface area contributed by atoms with E-state index in [0.29, 0.717) is 25.8 Å². The van der Waals surface area contributed by atoms with Crippen molar-refractivity contribution in [3.63, 3.8) is 0 Å². The molecule has 7 heteroatoms. The zero-order valence-corrected chi connectivity index (χ0v) is 16.1. The molecule has 142 valence electrons. The number of hydrogen-bond acceptors (Lipinski definition) is 4. The van der Waals surface area contributed by atoms with Crippen LogP contribution in [0.4, 0.5) is 5.69 Å². The van der Waals surface area contributed by atoms with Gasteiger partial charge in [0.15, 0.2) is 9.84 Å². The molecule has 26 heavy (non-hydrogen) atoms. The molecule has 6 nitrogen and oxygen atoms in total. The number of amides is 2. The first-order chi connectivity index (χ1) is 12.3. The summed E-state index contributed by atoms with van der Waals surface area (Å²) in [4.78, 5) is 27.6. The van der Waals surface area contributed by atoms with Crippen molar-refractivity contribution in [3.05, 3.63) is 29.8 Å². The minimum Gasteiger partial charge on any atom is -0.338 e. The molecule has 0 radical (unpaired) electrons. The molecule has 1 heterocycles. The molecular weight excluding hydrogens is 352 g/mol. The molecule has 1 N–H and O–H groups in total. The number of carbonyl (C=O) groups excluding carboxylic acids is 2. The third-order valence-corrected chi connectivity index (χ3v) is 7.24. The van der Waals surface area contributed by atoms with Gasteiger partial charge in [0.1, 0.15) is 5.41 Å². The molecule has 1 atom stereocenters. The van der Waals surface area contributed by atoms with E-state index >= 15 is 0 Å². The number of benzene rings is 1. The SMILES string of the molecule is CCc1ccccc1NC(=O)C1(C(=O)N(CC)C2CCS(=O)(=O)C2)CC1. The Morgan fingerprint density at radius 3 is 2.46 bits per heavy atom. The highest BCUT2D eigenvalue weighted by Gasteiger charge is 2.59. The van der Waals surface area contributed by atoms with E-state index in [9.17, 15) is 18.0 Å². The molecule has 1 aliphatic carbocycles. The van der Waals surface area contributed by atoms with Crippen LogP contribution in [0.3, 0.4) is 0 Å². The number of hydrogen-bond donors (Lipinski definition) is 1. The summed E-state index contributed by atoms with van der Waals surface area (Å²) in [6.45, 7) is 4.27. The van der Waals surface area contributed by atoms with E-state index in [1.54, 1.807) is 4.90 Å². The van der Waals surface area contributed by atoms with Crippen molar-refractivity contribution in [2.75, 3.05) is 23.4 Å². The molecule has 1 saturated carbocycles. The second-order valence-corrected chi connectivity index (χ2v) is 9.42. The largest absolute Gasteiger partial charge is 0.338 e. The number of aryl methyl sites for hydroxylation is 1. The number of carbonyl (C=O) groups is 2. The Kier molecular flexibility index (Phi) is 5.10. The number of nitrogens with zero attached hydrogens (tertiary/aromatic N) is 1. The Labute approximate surface area is 154 Å². The average Bonchev–Trinajstić information content (AvgIpc) is 3.35. The van der Waals surface area contributed by atoms with Crippen LogP contribution in [-0.2, 0) is 25.8 Å². The van der Waals surface area contributed by atoms with Crippen molar-refractivity contribution >= 4 is 27.3 Å². The topological polar surface area (TPSA) is 83.6 Å². The molecule has 2 amide bonds. The molecule has 0 spiro atoms. The standard InChI is InChI=1S/C19H26N2O4S/c1-3-14-7-5-6-8-16(14)20-17(22)19(10-11-19)18(23)21(4-2)15-9-12-26(24,25)13-15/h5-8,15H,3-4,9-13H2,1-2H3,(H,20,22). The Balaban J connectivity index is 1.76. The quantitative estimate of drug-likeness (QED) is 0.768. The van der Waals surface area contributed by atoms with E-state index in [1.807, 2.05) is 38.1 Å². The first kappa shape index (κ1) is 18.9. The van der Waals surface area contributed by atoms with Crippen molar-refractivity contribution in [2.45, 2.75) is 45.6 Å². The van der Waals surface area contributed by atoms with Gasteiger partial charge in [0.05, 0.1) is 11.5 Å². The fraction of sp³-hybridized carbons (Fsp3) is 0.579. The van der Waals surface area contributed by atoms with Crippen molar-refractivity contribution in [1.29, 1.82) is 0 Å². The number of sulfone groups is 1. The number of anilines is 1. The lowest BCUT2D eigenvalue weighted by Gasteiger charge is -2.30. The van der Waals surface area contributed by atoms with E-state index in [0.717, 1.165) is 17.7 Å². The summed E-state index contributed by atoms with van der Waals surface area (Å²) in [5, 5.41) is 2.93. The van der Waals surface area contributed by atoms with Gasteiger partial charge in [-0.15, -0.1) is 0 Å². The lowest BCUT2D eigenvalue weighted by Crippen LogP contribution is -2.48. The van der Waals surface area contributed by atoms with Gasteiger partial charge in [0.25, 0.3) is 0 Å². The molecule has 2 aliphatic rings. The molecule has 1 aromatic rings. The summed E-state index contributed by atoms with van der Waals surface area (Å²) in [6.07, 6.45) is 2.28. The lowest BCUT2D eigenvalue weighted by molar-refractivity contribution is -0.143. The normalized spacial score (nSPS) is 22.6. The monoisotopic (exact) mass is 378 g/mol. The molecule has 0 bridgehead atoms. The molecule has 1 unspecified atom stereocenters. The van der Waals surface area contributed by atoms with Crippen molar-refractivity contribution in [1.82, 2.24) is 4.90 Å². The second-order valence-electron chi connectivity index (χ2n) is 7.19. The van der Waals surface area contributed by atoms with Gasteiger partial charge in [0.2, 0.25) is 11.8 Å². The van der Waals surface area contributed by atoms with Crippen LogP contribution in [0.5, 0.6) is 0 Å². The predicted molar refractivity (Wildman–Crippen MR) is 101 cm³/mol. The average molecular weight is 378 g/mol. The van der Waals surface area contributed by atoms with Crippen LogP contribution in [-0.4, -0.2) is 49.2 Å². The van der Waals surface area contributed by atoms with Gasteiger partial charge < -0.3 is 10.2 Å². The first-order valence-corrected chi connectivity index (χ1v) is 11.1. The van der Waals surface area contributed by atoms with E-state index in [-0.39, 0.29) is 29.4 Å². The van der Waals surface area contributed by atoms with E-state index < -0.39 is 15.3 Å². The van der Waals surface area contributed by atoms with Crippen molar-refractivity contribution in [2.24, 2.45) is 5.41 Å². The van der Waals surface area contributed by atoms with Crippen LogP contribution >= 0.6 is 0 Å². The Morgan fingerprint density at radius 2 is 1.92 bits per heavy atom. The van der Waals surface area contributed by atoms with Crippen LogP contribution in [0.25, 0.3) is 0 Å². The van der Waals surface area contributed by atoms with Crippen molar-refractivity contribution < 1.29 is 18.0 Å².